The van der Waals surface area contributed by atoms with E-state index >= 15 is 0 Å². The number of thiol groups is 1. The van der Waals surface area contributed by atoms with Crippen LogP contribution in [0, 0.1) is 0 Å². The van der Waals surface area contributed by atoms with Crippen molar-refractivity contribution in [3.8, 4) is 0 Å². The third-order valence-electron chi connectivity index (χ3n) is 2.03. The number of rotatable bonds is 4. The summed E-state index contributed by atoms with van der Waals surface area (Å²) in [6.07, 6.45) is 1.10. The van der Waals surface area contributed by atoms with Crippen LogP contribution in [-0.4, -0.2) is 25.5 Å². The van der Waals surface area contributed by atoms with Crippen LogP contribution in [0.15, 0.2) is 30.3 Å². The van der Waals surface area contributed by atoms with Crippen molar-refractivity contribution >= 4 is 12.6 Å². The molecule has 2 heteroatoms. The van der Waals surface area contributed by atoms with Gasteiger partial charge in [-0.3, -0.25) is 0 Å². The maximum absolute atomic E-state index is 4.57. The van der Waals surface area contributed by atoms with Crippen molar-refractivity contribution in [3.63, 3.8) is 0 Å². The van der Waals surface area contributed by atoms with E-state index < -0.39 is 0 Å². The minimum absolute atomic E-state index is 0.364. The van der Waals surface area contributed by atoms with Crippen LogP contribution in [0.2, 0.25) is 0 Å². The molecule has 0 saturated carbocycles. The van der Waals surface area contributed by atoms with Crippen LogP contribution >= 0.6 is 12.6 Å². The van der Waals surface area contributed by atoms with Crippen molar-refractivity contribution in [2.24, 2.45) is 0 Å². The SMILES string of the molecule is CN(C)CCC(S)c1ccccc1. The summed E-state index contributed by atoms with van der Waals surface area (Å²) in [5.41, 5.74) is 1.31. The molecule has 1 atom stereocenters. The van der Waals surface area contributed by atoms with E-state index in [0.29, 0.717) is 5.25 Å². The summed E-state index contributed by atoms with van der Waals surface area (Å²) in [6, 6.07) is 10.4. The fraction of sp³-hybridized carbons (Fsp3) is 0.455. The summed E-state index contributed by atoms with van der Waals surface area (Å²) in [6.45, 7) is 1.09. The van der Waals surface area contributed by atoms with Gasteiger partial charge < -0.3 is 4.90 Å². The Morgan fingerprint density at radius 3 is 2.38 bits per heavy atom. The molecule has 0 saturated heterocycles. The lowest BCUT2D eigenvalue weighted by atomic mass is 10.1. The fourth-order valence-corrected chi connectivity index (χ4v) is 1.51. The van der Waals surface area contributed by atoms with E-state index in [2.05, 4.69) is 55.9 Å². The Bertz CT molecular complexity index is 233. The molecule has 1 aromatic rings. The first-order valence-corrected chi connectivity index (χ1v) is 5.09. The summed E-state index contributed by atoms with van der Waals surface area (Å²) in [5, 5.41) is 0.364. The lowest BCUT2D eigenvalue weighted by Crippen LogP contribution is -2.14. The van der Waals surface area contributed by atoms with Crippen molar-refractivity contribution in [3.05, 3.63) is 35.9 Å². The molecule has 1 rings (SSSR count). The molecule has 1 aromatic carbocycles. The van der Waals surface area contributed by atoms with E-state index in [1.54, 1.807) is 0 Å². The second-order valence-corrected chi connectivity index (χ2v) is 4.14. The number of hydrogen-bond acceptors (Lipinski definition) is 2. The van der Waals surface area contributed by atoms with Gasteiger partial charge in [-0.05, 0) is 32.6 Å². The number of benzene rings is 1. The molecule has 0 aliphatic heterocycles. The molecular formula is C11H17NS. The summed E-state index contributed by atoms with van der Waals surface area (Å²) in [4.78, 5) is 2.19. The molecule has 0 aromatic heterocycles. The Morgan fingerprint density at radius 2 is 1.85 bits per heavy atom. The summed E-state index contributed by atoms with van der Waals surface area (Å²) in [7, 11) is 4.18. The average molecular weight is 195 g/mol. The normalized spacial score (nSPS) is 13.2. The highest BCUT2D eigenvalue weighted by molar-refractivity contribution is 7.80. The van der Waals surface area contributed by atoms with Crippen LogP contribution in [0.5, 0.6) is 0 Å². The number of nitrogens with zero attached hydrogens (tertiary/aromatic N) is 1. The molecule has 72 valence electrons. The molecule has 0 fully saturated rings. The van der Waals surface area contributed by atoms with Gasteiger partial charge in [0.1, 0.15) is 0 Å². The predicted molar refractivity (Wildman–Crippen MR) is 61.3 cm³/mol. The Balaban J connectivity index is 2.44. The summed E-state index contributed by atoms with van der Waals surface area (Å²) in [5.74, 6) is 0. The molecule has 0 aliphatic carbocycles. The van der Waals surface area contributed by atoms with Crippen LogP contribution < -0.4 is 0 Å². The summed E-state index contributed by atoms with van der Waals surface area (Å²) < 4.78 is 0. The zero-order chi connectivity index (χ0) is 9.68. The standard InChI is InChI=1S/C11H17NS/c1-12(2)9-8-11(13)10-6-4-3-5-7-10/h3-7,11,13H,8-9H2,1-2H3. The Labute approximate surface area is 86.2 Å². The van der Waals surface area contributed by atoms with Crippen molar-refractivity contribution < 1.29 is 0 Å². The van der Waals surface area contributed by atoms with E-state index in [-0.39, 0.29) is 0 Å². The second-order valence-electron chi connectivity index (χ2n) is 3.52. The molecular weight excluding hydrogens is 178 g/mol. The third kappa shape index (κ3) is 3.83. The maximum atomic E-state index is 4.57. The lowest BCUT2D eigenvalue weighted by molar-refractivity contribution is 0.399. The fourth-order valence-electron chi connectivity index (χ4n) is 1.22. The van der Waals surface area contributed by atoms with Gasteiger partial charge in [0.25, 0.3) is 0 Å². The van der Waals surface area contributed by atoms with Gasteiger partial charge in [-0.15, -0.1) is 0 Å². The zero-order valence-electron chi connectivity index (χ0n) is 8.27. The molecule has 1 nitrogen and oxygen atoms in total. The highest BCUT2D eigenvalue weighted by atomic mass is 32.1. The minimum atomic E-state index is 0.364. The highest BCUT2D eigenvalue weighted by Crippen LogP contribution is 2.22. The van der Waals surface area contributed by atoms with E-state index in [1.165, 1.54) is 5.56 Å². The second kappa shape index (κ2) is 5.30. The van der Waals surface area contributed by atoms with Gasteiger partial charge in [0.05, 0.1) is 0 Å². The van der Waals surface area contributed by atoms with E-state index in [9.17, 15) is 0 Å². The Kier molecular flexibility index (Phi) is 4.33. The molecule has 0 heterocycles. The molecule has 0 spiro atoms. The van der Waals surface area contributed by atoms with Gasteiger partial charge in [-0.25, -0.2) is 0 Å². The maximum Gasteiger partial charge on any atom is 0.0279 e. The molecule has 0 amide bonds. The van der Waals surface area contributed by atoms with Crippen molar-refractivity contribution in [2.75, 3.05) is 20.6 Å². The quantitative estimate of drug-likeness (QED) is 0.723. The largest absolute Gasteiger partial charge is 0.309 e. The summed E-state index contributed by atoms with van der Waals surface area (Å²) >= 11 is 4.57. The minimum Gasteiger partial charge on any atom is -0.309 e. The van der Waals surface area contributed by atoms with E-state index in [4.69, 9.17) is 0 Å². The van der Waals surface area contributed by atoms with Crippen LogP contribution in [0.4, 0.5) is 0 Å². The molecule has 0 bridgehead atoms. The predicted octanol–water partition coefficient (Wildman–Crippen LogP) is 2.61. The highest BCUT2D eigenvalue weighted by Gasteiger charge is 2.05. The van der Waals surface area contributed by atoms with Gasteiger partial charge in [0, 0.05) is 5.25 Å². The van der Waals surface area contributed by atoms with Crippen molar-refractivity contribution in [1.82, 2.24) is 4.90 Å². The van der Waals surface area contributed by atoms with Crippen molar-refractivity contribution in [1.29, 1.82) is 0 Å². The van der Waals surface area contributed by atoms with E-state index in [0.717, 1.165) is 13.0 Å². The Hall–Kier alpha value is -0.470. The van der Waals surface area contributed by atoms with Gasteiger partial charge in [-0.1, -0.05) is 30.3 Å². The monoisotopic (exact) mass is 195 g/mol. The van der Waals surface area contributed by atoms with Gasteiger partial charge in [0.15, 0.2) is 0 Å². The third-order valence-corrected chi connectivity index (χ3v) is 2.59. The van der Waals surface area contributed by atoms with Crippen LogP contribution in [-0.2, 0) is 0 Å². The van der Waals surface area contributed by atoms with Gasteiger partial charge in [-0.2, -0.15) is 12.6 Å². The molecule has 13 heavy (non-hydrogen) atoms. The first-order chi connectivity index (χ1) is 6.20. The molecule has 0 radical (unpaired) electrons. The first-order valence-electron chi connectivity index (χ1n) is 4.58. The Morgan fingerprint density at radius 1 is 1.23 bits per heavy atom. The van der Waals surface area contributed by atoms with Gasteiger partial charge >= 0.3 is 0 Å². The lowest BCUT2D eigenvalue weighted by Gasteiger charge is -2.14. The first kappa shape index (κ1) is 10.6. The van der Waals surface area contributed by atoms with Gasteiger partial charge in [0.2, 0.25) is 0 Å². The van der Waals surface area contributed by atoms with Crippen LogP contribution in [0.25, 0.3) is 0 Å². The van der Waals surface area contributed by atoms with Crippen LogP contribution in [0.3, 0.4) is 0 Å². The van der Waals surface area contributed by atoms with Crippen LogP contribution in [0.1, 0.15) is 17.2 Å². The average Bonchev–Trinajstić information content (AvgIpc) is 2.15. The smallest absolute Gasteiger partial charge is 0.0279 e. The molecule has 0 aliphatic rings. The number of hydrogen-bond donors (Lipinski definition) is 1. The molecule has 0 N–H and O–H groups in total. The zero-order valence-corrected chi connectivity index (χ0v) is 9.17. The van der Waals surface area contributed by atoms with Crippen molar-refractivity contribution in [2.45, 2.75) is 11.7 Å². The molecule has 1 unspecified atom stereocenters. The van der Waals surface area contributed by atoms with E-state index in [1.807, 2.05) is 6.07 Å². The topological polar surface area (TPSA) is 3.24 Å².